The topological polar surface area (TPSA) is 105 Å². The number of nitrogens with zero attached hydrogens (tertiary/aromatic N) is 2. The number of piperidine rings is 1. The van der Waals surface area contributed by atoms with Crippen molar-refractivity contribution in [1.82, 2.24) is 10.2 Å². The highest BCUT2D eigenvalue weighted by Crippen LogP contribution is 2.31. The van der Waals surface area contributed by atoms with E-state index in [-0.39, 0.29) is 23.8 Å². The van der Waals surface area contributed by atoms with Crippen LogP contribution in [0, 0.1) is 5.82 Å². The maximum Gasteiger partial charge on any atom is 0.335 e. The molecule has 0 radical (unpaired) electrons. The zero-order valence-corrected chi connectivity index (χ0v) is 22.4. The van der Waals surface area contributed by atoms with Crippen molar-refractivity contribution in [2.24, 2.45) is 0 Å². The molecule has 2 aliphatic rings. The molecule has 9 nitrogen and oxygen atoms in total. The van der Waals surface area contributed by atoms with E-state index in [1.807, 2.05) is 17.0 Å². The van der Waals surface area contributed by atoms with Crippen molar-refractivity contribution in [3.63, 3.8) is 0 Å². The van der Waals surface area contributed by atoms with E-state index < -0.39 is 23.7 Å². The zero-order valence-electron chi connectivity index (χ0n) is 22.4. The zero-order chi connectivity index (χ0) is 28.9. The van der Waals surface area contributed by atoms with Gasteiger partial charge >= 0.3 is 6.03 Å². The fourth-order valence-corrected chi connectivity index (χ4v) is 4.75. The quantitative estimate of drug-likeness (QED) is 0.333. The largest absolute Gasteiger partial charge is 0.493 e. The van der Waals surface area contributed by atoms with Crippen LogP contribution in [-0.2, 0) is 16.2 Å². The molecule has 10 heteroatoms. The van der Waals surface area contributed by atoms with Gasteiger partial charge in [-0.2, -0.15) is 0 Å². The van der Waals surface area contributed by atoms with Crippen molar-refractivity contribution >= 4 is 35.5 Å². The molecular formula is C31H28FN3O6. The molecule has 210 valence electrons. The van der Waals surface area contributed by atoms with E-state index in [0.29, 0.717) is 27.5 Å². The van der Waals surface area contributed by atoms with Crippen LogP contribution in [-0.4, -0.2) is 48.9 Å². The lowest BCUT2D eigenvalue weighted by Gasteiger charge is -2.26. The van der Waals surface area contributed by atoms with Gasteiger partial charge in [-0.15, -0.1) is 0 Å². The number of hydrogen-bond acceptors (Lipinski definition) is 6. The van der Waals surface area contributed by atoms with Gasteiger partial charge in [0.15, 0.2) is 11.5 Å². The van der Waals surface area contributed by atoms with Crippen molar-refractivity contribution in [3.8, 4) is 11.5 Å². The number of halogens is 1. The van der Waals surface area contributed by atoms with Crippen LogP contribution in [0.25, 0.3) is 6.08 Å². The van der Waals surface area contributed by atoms with Crippen molar-refractivity contribution in [1.29, 1.82) is 0 Å². The molecule has 41 heavy (non-hydrogen) atoms. The molecule has 0 spiro atoms. The summed E-state index contributed by atoms with van der Waals surface area (Å²) in [5.41, 5.74) is 1.64. The molecule has 2 saturated heterocycles. The van der Waals surface area contributed by atoms with E-state index in [0.717, 1.165) is 44.0 Å². The Morgan fingerprint density at radius 2 is 1.71 bits per heavy atom. The van der Waals surface area contributed by atoms with Crippen LogP contribution in [0.5, 0.6) is 11.5 Å². The number of anilines is 1. The maximum atomic E-state index is 13.7. The highest BCUT2D eigenvalue weighted by atomic mass is 19.1. The van der Waals surface area contributed by atoms with Gasteiger partial charge in [-0.1, -0.05) is 24.3 Å². The lowest BCUT2D eigenvalue weighted by molar-refractivity contribution is -0.122. The number of likely N-dealkylation sites (tertiary alicyclic amines) is 1. The monoisotopic (exact) mass is 557 g/mol. The molecule has 5 amide bonds. The Morgan fingerprint density at radius 1 is 0.951 bits per heavy atom. The summed E-state index contributed by atoms with van der Waals surface area (Å²) in [7, 11) is 1.46. The second kappa shape index (κ2) is 12.0. The molecule has 0 bridgehead atoms. The summed E-state index contributed by atoms with van der Waals surface area (Å²) in [6.07, 6.45) is 4.55. The molecule has 0 unspecified atom stereocenters. The van der Waals surface area contributed by atoms with Crippen molar-refractivity contribution in [3.05, 3.63) is 94.8 Å². The number of rotatable bonds is 7. The lowest BCUT2D eigenvalue weighted by Crippen LogP contribution is -2.54. The van der Waals surface area contributed by atoms with Crippen LogP contribution >= 0.6 is 0 Å². The number of amides is 5. The Morgan fingerprint density at radius 3 is 2.41 bits per heavy atom. The minimum atomic E-state index is -0.965. The summed E-state index contributed by atoms with van der Waals surface area (Å²) in [4.78, 5) is 53.2. The Balaban J connectivity index is 1.29. The molecule has 1 N–H and O–H groups in total. The minimum Gasteiger partial charge on any atom is -0.493 e. The van der Waals surface area contributed by atoms with Crippen molar-refractivity contribution < 1.29 is 33.0 Å². The minimum absolute atomic E-state index is 0.00359. The number of ether oxygens (including phenoxy) is 2. The maximum absolute atomic E-state index is 13.7. The first-order valence-electron chi connectivity index (χ1n) is 13.2. The Kier molecular flexibility index (Phi) is 8.09. The Hall–Kier alpha value is -4.99. The molecule has 2 heterocycles. The number of carbonyl (C=O) groups excluding carboxylic acids is 4. The van der Waals surface area contributed by atoms with Gasteiger partial charge in [0.1, 0.15) is 18.0 Å². The van der Waals surface area contributed by atoms with Gasteiger partial charge in [0, 0.05) is 18.7 Å². The summed E-state index contributed by atoms with van der Waals surface area (Å²) in [6.45, 7) is 1.80. The number of barbiturate groups is 1. The fraction of sp³-hybridized carbons (Fsp3) is 0.226. The van der Waals surface area contributed by atoms with Crippen molar-refractivity contribution in [2.45, 2.75) is 25.9 Å². The standard InChI is InChI=1S/C31H28FN3O6/c1-40-27-17-21(16-25-28(36)33-31(39)35(30(25)38)24-7-5-6-23(32)18-24)10-13-26(27)41-19-20-8-11-22(12-9-20)29(37)34-14-3-2-4-15-34/h5-13,16-18H,2-4,14-15,19H2,1H3,(H,33,36,39)/b25-16+. The molecule has 0 aliphatic carbocycles. The van der Waals surface area contributed by atoms with Gasteiger partial charge in [-0.3, -0.25) is 19.7 Å². The normalized spacial score (nSPS) is 16.5. The molecule has 2 aliphatic heterocycles. The number of methoxy groups -OCH3 is 1. The van der Waals surface area contributed by atoms with Gasteiger partial charge in [-0.25, -0.2) is 14.1 Å². The summed E-state index contributed by atoms with van der Waals surface area (Å²) in [5.74, 6) is -1.55. The molecule has 0 saturated carbocycles. The van der Waals surface area contributed by atoms with Crippen LogP contribution in [0.4, 0.5) is 14.9 Å². The predicted octanol–water partition coefficient (Wildman–Crippen LogP) is 4.71. The number of hydrogen-bond donors (Lipinski definition) is 1. The predicted molar refractivity (Wildman–Crippen MR) is 149 cm³/mol. The summed E-state index contributed by atoms with van der Waals surface area (Å²) < 4.78 is 25.1. The van der Waals surface area contributed by atoms with Gasteiger partial charge in [-0.05, 0) is 78.9 Å². The molecule has 3 aromatic carbocycles. The first-order chi connectivity index (χ1) is 19.8. The number of imide groups is 2. The molecule has 0 atom stereocenters. The van der Waals surface area contributed by atoms with Crippen molar-refractivity contribution in [2.75, 3.05) is 25.1 Å². The number of carbonyl (C=O) groups is 4. The second-order valence-electron chi connectivity index (χ2n) is 9.69. The lowest BCUT2D eigenvalue weighted by atomic mass is 10.1. The third kappa shape index (κ3) is 6.11. The SMILES string of the molecule is COc1cc(/C=C2\C(=O)NC(=O)N(c3cccc(F)c3)C2=O)ccc1OCc1ccc(C(=O)N2CCCCC2)cc1. The smallest absolute Gasteiger partial charge is 0.335 e. The average molecular weight is 558 g/mol. The highest BCUT2D eigenvalue weighted by Gasteiger charge is 2.37. The molecule has 0 aromatic heterocycles. The first kappa shape index (κ1) is 27.6. The average Bonchev–Trinajstić information content (AvgIpc) is 2.98. The number of nitrogens with one attached hydrogen (secondary N) is 1. The summed E-state index contributed by atoms with van der Waals surface area (Å²) in [5, 5.41) is 2.11. The van der Waals surface area contributed by atoms with Crippen LogP contribution in [0.2, 0.25) is 0 Å². The second-order valence-corrected chi connectivity index (χ2v) is 9.69. The molecule has 5 rings (SSSR count). The summed E-state index contributed by atoms with van der Waals surface area (Å²) >= 11 is 0. The Labute approximate surface area is 236 Å². The highest BCUT2D eigenvalue weighted by molar-refractivity contribution is 6.39. The summed E-state index contributed by atoms with van der Waals surface area (Å²) in [6, 6.07) is 16.2. The fourth-order valence-electron chi connectivity index (χ4n) is 4.75. The van der Waals surface area contributed by atoms with Crippen LogP contribution < -0.4 is 19.7 Å². The van der Waals surface area contributed by atoms with Gasteiger partial charge in [0.05, 0.1) is 12.8 Å². The van der Waals surface area contributed by atoms with Crippen LogP contribution in [0.3, 0.4) is 0 Å². The van der Waals surface area contributed by atoms with E-state index in [4.69, 9.17) is 9.47 Å². The number of urea groups is 1. The third-order valence-electron chi connectivity index (χ3n) is 6.91. The third-order valence-corrected chi connectivity index (χ3v) is 6.91. The van der Waals surface area contributed by atoms with Gasteiger partial charge < -0.3 is 14.4 Å². The molecule has 3 aromatic rings. The van der Waals surface area contributed by atoms with E-state index >= 15 is 0 Å². The Bertz CT molecular complexity index is 1530. The van der Waals surface area contributed by atoms with Gasteiger partial charge in [0.25, 0.3) is 17.7 Å². The van der Waals surface area contributed by atoms with E-state index in [1.165, 1.54) is 31.4 Å². The van der Waals surface area contributed by atoms with Crippen LogP contribution in [0.15, 0.2) is 72.3 Å². The first-order valence-corrected chi connectivity index (χ1v) is 13.2. The molecular weight excluding hydrogens is 529 g/mol. The van der Waals surface area contributed by atoms with Crippen LogP contribution in [0.1, 0.15) is 40.7 Å². The van der Waals surface area contributed by atoms with E-state index in [2.05, 4.69) is 5.32 Å². The molecule has 2 fully saturated rings. The van der Waals surface area contributed by atoms with Gasteiger partial charge in [0.2, 0.25) is 0 Å². The number of benzene rings is 3. The van der Waals surface area contributed by atoms with E-state index in [9.17, 15) is 23.6 Å². The van der Waals surface area contributed by atoms with E-state index in [1.54, 1.807) is 30.3 Å².